The Morgan fingerprint density at radius 2 is 1.95 bits per heavy atom. The van der Waals surface area contributed by atoms with Crippen molar-refractivity contribution in [3.8, 4) is 0 Å². The second-order valence-electron chi connectivity index (χ2n) is 5.82. The first-order chi connectivity index (χ1) is 10.0. The molecule has 0 saturated carbocycles. The van der Waals surface area contributed by atoms with Crippen LogP contribution >= 0.6 is 11.3 Å². The van der Waals surface area contributed by atoms with Crippen molar-refractivity contribution < 1.29 is 0 Å². The Morgan fingerprint density at radius 3 is 2.57 bits per heavy atom. The molecule has 0 aliphatic heterocycles. The normalized spacial score (nSPS) is 12.6. The van der Waals surface area contributed by atoms with E-state index >= 15 is 0 Å². The highest BCUT2D eigenvalue weighted by Crippen LogP contribution is 2.28. The Labute approximate surface area is 132 Å². The molecule has 2 aromatic rings. The number of rotatable bonds is 6. The lowest BCUT2D eigenvalue weighted by atomic mass is 9.97. The van der Waals surface area contributed by atoms with Crippen LogP contribution in [0.15, 0.2) is 18.2 Å². The van der Waals surface area contributed by atoms with Gasteiger partial charge >= 0.3 is 0 Å². The first-order valence-electron chi connectivity index (χ1n) is 7.74. The smallest absolute Gasteiger partial charge is 0.0900 e. The summed E-state index contributed by atoms with van der Waals surface area (Å²) in [5.74, 6) is 0. The highest BCUT2D eigenvalue weighted by atomic mass is 32.1. The molecule has 0 fully saturated rings. The van der Waals surface area contributed by atoms with Gasteiger partial charge in [-0.2, -0.15) is 0 Å². The zero-order valence-electron chi connectivity index (χ0n) is 13.8. The van der Waals surface area contributed by atoms with Crippen LogP contribution in [0, 0.1) is 27.7 Å². The molecule has 21 heavy (non-hydrogen) atoms. The van der Waals surface area contributed by atoms with E-state index in [1.165, 1.54) is 27.3 Å². The van der Waals surface area contributed by atoms with Gasteiger partial charge in [0, 0.05) is 10.9 Å². The van der Waals surface area contributed by atoms with Crippen molar-refractivity contribution in [3.63, 3.8) is 0 Å². The Balaban J connectivity index is 2.28. The fourth-order valence-corrected chi connectivity index (χ4v) is 3.69. The first kappa shape index (κ1) is 16.2. The molecule has 0 saturated heterocycles. The topological polar surface area (TPSA) is 24.9 Å². The van der Waals surface area contributed by atoms with Crippen LogP contribution in [0.3, 0.4) is 0 Å². The fraction of sp³-hybridized carbons (Fsp3) is 0.500. The van der Waals surface area contributed by atoms with Crippen molar-refractivity contribution in [2.24, 2.45) is 0 Å². The molecule has 0 spiro atoms. The van der Waals surface area contributed by atoms with Crippen LogP contribution in [0.4, 0.5) is 0 Å². The molecule has 0 bridgehead atoms. The van der Waals surface area contributed by atoms with Crippen LogP contribution < -0.4 is 5.32 Å². The number of nitrogens with zero attached hydrogens (tertiary/aromatic N) is 1. The minimum atomic E-state index is 0.372. The summed E-state index contributed by atoms with van der Waals surface area (Å²) in [6.07, 6.45) is 2.19. The lowest BCUT2D eigenvalue weighted by molar-refractivity contribution is 0.532. The monoisotopic (exact) mass is 302 g/mol. The van der Waals surface area contributed by atoms with E-state index in [0.29, 0.717) is 6.04 Å². The SMILES string of the molecule is CCCNC(Cc1cc(C)ccc1C)c1sc(C)nc1C. The third-order valence-electron chi connectivity index (χ3n) is 3.83. The van der Waals surface area contributed by atoms with Crippen molar-refractivity contribution in [2.45, 2.75) is 53.5 Å². The highest BCUT2D eigenvalue weighted by molar-refractivity contribution is 7.11. The second-order valence-corrected chi connectivity index (χ2v) is 7.06. The molecule has 2 nitrogen and oxygen atoms in total. The maximum absolute atomic E-state index is 4.60. The van der Waals surface area contributed by atoms with Crippen molar-refractivity contribution in [2.75, 3.05) is 6.54 Å². The van der Waals surface area contributed by atoms with Gasteiger partial charge in [-0.25, -0.2) is 4.98 Å². The van der Waals surface area contributed by atoms with Crippen molar-refractivity contribution in [1.29, 1.82) is 0 Å². The number of hydrogen-bond donors (Lipinski definition) is 1. The van der Waals surface area contributed by atoms with E-state index < -0.39 is 0 Å². The van der Waals surface area contributed by atoms with Crippen LogP contribution in [0.5, 0.6) is 0 Å². The van der Waals surface area contributed by atoms with Gasteiger partial charge in [-0.05, 0) is 58.2 Å². The minimum Gasteiger partial charge on any atom is -0.309 e. The molecule has 1 aromatic heterocycles. The molecule has 1 unspecified atom stereocenters. The van der Waals surface area contributed by atoms with Gasteiger partial charge in [0.1, 0.15) is 0 Å². The van der Waals surface area contributed by atoms with E-state index in [1.54, 1.807) is 0 Å². The first-order valence-corrected chi connectivity index (χ1v) is 8.56. The maximum atomic E-state index is 4.60. The van der Waals surface area contributed by atoms with E-state index in [-0.39, 0.29) is 0 Å². The van der Waals surface area contributed by atoms with E-state index in [1.807, 2.05) is 11.3 Å². The highest BCUT2D eigenvalue weighted by Gasteiger charge is 2.18. The van der Waals surface area contributed by atoms with Gasteiger partial charge in [0.15, 0.2) is 0 Å². The predicted molar refractivity (Wildman–Crippen MR) is 92.2 cm³/mol. The Bertz CT molecular complexity index is 601. The van der Waals surface area contributed by atoms with Gasteiger partial charge in [0.2, 0.25) is 0 Å². The third-order valence-corrected chi connectivity index (χ3v) is 5.01. The zero-order chi connectivity index (χ0) is 15.4. The summed E-state index contributed by atoms with van der Waals surface area (Å²) in [6.45, 7) is 11.9. The second kappa shape index (κ2) is 7.19. The summed E-state index contributed by atoms with van der Waals surface area (Å²) >= 11 is 1.83. The van der Waals surface area contributed by atoms with E-state index in [0.717, 1.165) is 24.4 Å². The Hall–Kier alpha value is -1.19. The van der Waals surface area contributed by atoms with Gasteiger partial charge in [-0.15, -0.1) is 11.3 Å². The molecule has 1 aromatic carbocycles. The summed E-state index contributed by atoms with van der Waals surface area (Å²) in [6, 6.07) is 7.11. The lowest BCUT2D eigenvalue weighted by Gasteiger charge is -2.19. The summed E-state index contributed by atoms with van der Waals surface area (Å²) in [5, 5.41) is 4.86. The number of aromatic nitrogens is 1. The van der Waals surface area contributed by atoms with Crippen molar-refractivity contribution >= 4 is 11.3 Å². The largest absolute Gasteiger partial charge is 0.309 e. The fourth-order valence-electron chi connectivity index (χ4n) is 2.69. The van der Waals surface area contributed by atoms with Crippen LogP contribution in [-0.4, -0.2) is 11.5 Å². The standard InChI is InChI=1S/C18H26N2S/c1-6-9-19-17(18-14(4)20-15(5)21-18)11-16-10-12(2)7-8-13(16)3/h7-8,10,17,19H,6,9,11H2,1-5H3. The molecular formula is C18H26N2S. The Morgan fingerprint density at radius 1 is 1.19 bits per heavy atom. The number of thiazole rings is 1. The van der Waals surface area contributed by atoms with Gasteiger partial charge in [-0.1, -0.05) is 30.7 Å². The van der Waals surface area contributed by atoms with Gasteiger partial charge in [0.05, 0.1) is 10.7 Å². The molecule has 1 atom stereocenters. The number of nitrogens with one attached hydrogen (secondary N) is 1. The lowest BCUT2D eigenvalue weighted by Crippen LogP contribution is -2.24. The van der Waals surface area contributed by atoms with Crippen LogP contribution in [0.25, 0.3) is 0 Å². The molecule has 114 valence electrons. The molecule has 0 aliphatic carbocycles. The summed E-state index contributed by atoms with van der Waals surface area (Å²) in [5.41, 5.74) is 5.33. The average Bonchev–Trinajstić information content (AvgIpc) is 2.77. The summed E-state index contributed by atoms with van der Waals surface area (Å²) < 4.78 is 0. The summed E-state index contributed by atoms with van der Waals surface area (Å²) in [7, 11) is 0. The average molecular weight is 302 g/mol. The predicted octanol–water partition coefficient (Wildman–Crippen LogP) is 4.66. The molecule has 1 heterocycles. The quantitative estimate of drug-likeness (QED) is 0.839. The van der Waals surface area contributed by atoms with Gasteiger partial charge < -0.3 is 5.32 Å². The van der Waals surface area contributed by atoms with E-state index in [9.17, 15) is 0 Å². The van der Waals surface area contributed by atoms with Crippen LogP contribution in [-0.2, 0) is 6.42 Å². The molecule has 2 rings (SSSR count). The molecule has 1 N–H and O–H groups in total. The molecular weight excluding hydrogens is 276 g/mol. The molecule has 0 radical (unpaired) electrons. The van der Waals surface area contributed by atoms with Gasteiger partial charge in [-0.3, -0.25) is 0 Å². The maximum Gasteiger partial charge on any atom is 0.0900 e. The minimum absolute atomic E-state index is 0.372. The van der Waals surface area contributed by atoms with Crippen LogP contribution in [0.1, 0.15) is 51.7 Å². The third kappa shape index (κ3) is 4.14. The number of hydrogen-bond acceptors (Lipinski definition) is 3. The van der Waals surface area contributed by atoms with Gasteiger partial charge in [0.25, 0.3) is 0 Å². The Kier molecular flexibility index (Phi) is 5.54. The van der Waals surface area contributed by atoms with E-state index in [2.05, 4.69) is 63.1 Å². The molecule has 3 heteroatoms. The number of benzene rings is 1. The van der Waals surface area contributed by atoms with Crippen LogP contribution in [0.2, 0.25) is 0 Å². The molecule has 0 aliphatic rings. The zero-order valence-corrected chi connectivity index (χ0v) is 14.6. The summed E-state index contributed by atoms with van der Waals surface area (Å²) in [4.78, 5) is 5.99. The van der Waals surface area contributed by atoms with E-state index in [4.69, 9.17) is 0 Å². The van der Waals surface area contributed by atoms with Crippen molar-refractivity contribution in [3.05, 3.63) is 50.5 Å². The van der Waals surface area contributed by atoms with Crippen molar-refractivity contribution in [1.82, 2.24) is 10.3 Å². The molecule has 0 amide bonds. The number of aryl methyl sites for hydroxylation is 4.